The first kappa shape index (κ1) is 12.2. The second-order valence-corrected chi connectivity index (χ2v) is 3.48. The topological polar surface area (TPSA) is 98.2 Å². The summed E-state index contributed by atoms with van der Waals surface area (Å²) in [5, 5.41) is 2.63. The number of carbonyl (C=O) groups is 2. The molecule has 0 bridgehead atoms. The van der Waals surface area contributed by atoms with Crippen LogP contribution in [0.3, 0.4) is 0 Å². The molecule has 0 aliphatic rings. The van der Waals surface area contributed by atoms with Crippen LogP contribution in [-0.4, -0.2) is 17.9 Å². The molecular weight excluding hydrogens is 206 g/mol. The number of hydrogen-bond donors (Lipinski definition) is 3. The van der Waals surface area contributed by atoms with Crippen molar-refractivity contribution in [2.45, 2.75) is 19.0 Å². The lowest BCUT2D eigenvalue weighted by Crippen LogP contribution is -2.42. The van der Waals surface area contributed by atoms with Gasteiger partial charge in [0.05, 0.1) is 12.5 Å². The summed E-state index contributed by atoms with van der Waals surface area (Å²) in [6.07, 6.45) is -0.138. The molecule has 1 rings (SSSR count). The highest BCUT2D eigenvalue weighted by molar-refractivity contribution is 5.87. The Morgan fingerprint density at radius 1 is 1.25 bits per heavy atom. The summed E-state index contributed by atoms with van der Waals surface area (Å²) < 4.78 is 0. The fourth-order valence-electron chi connectivity index (χ4n) is 1.23. The van der Waals surface area contributed by atoms with E-state index < -0.39 is 11.9 Å². The van der Waals surface area contributed by atoms with E-state index in [2.05, 4.69) is 5.32 Å². The van der Waals surface area contributed by atoms with Crippen molar-refractivity contribution in [2.24, 2.45) is 11.5 Å². The number of primary amides is 1. The highest BCUT2D eigenvalue weighted by atomic mass is 16.2. The van der Waals surface area contributed by atoms with E-state index in [1.54, 1.807) is 0 Å². The molecule has 16 heavy (non-hydrogen) atoms. The standard InChI is InChI=1S/C11H15N3O2/c12-9(6-10(13)15)11(16)14-7-8-4-2-1-3-5-8/h1-5,9H,6-7,12H2,(H2,13,15)(H,14,16)/t9-/m0/s1. The summed E-state index contributed by atoms with van der Waals surface area (Å²) >= 11 is 0. The molecule has 0 saturated carbocycles. The summed E-state index contributed by atoms with van der Waals surface area (Å²) in [7, 11) is 0. The molecule has 0 spiro atoms. The van der Waals surface area contributed by atoms with Gasteiger partial charge in [-0.25, -0.2) is 0 Å². The summed E-state index contributed by atoms with van der Waals surface area (Å²) in [5.41, 5.74) is 11.4. The van der Waals surface area contributed by atoms with Crippen LogP contribution in [0.25, 0.3) is 0 Å². The predicted molar refractivity (Wildman–Crippen MR) is 60.1 cm³/mol. The van der Waals surface area contributed by atoms with Crippen LogP contribution in [0, 0.1) is 0 Å². The summed E-state index contributed by atoms with van der Waals surface area (Å²) in [6.45, 7) is 0.395. The van der Waals surface area contributed by atoms with E-state index in [0.717, 1.165) is 5.56 Å². The highest BCUT2D eigenvalue weighted by Crippen LogP contribution is 1.97. The van der Waals surface area contributed by atoms with Crippen LogP contribution in [-0.2, 0) is 16.1 Å². The van der Waals surface area contributed by atoms with Gasteiger partial charge in [0, 0.05) is 6.54 Å². The molecule has 0 fully saturated rings. The number of rotatable bonds is 5. The zero-order valence-electron chi connectivity index (χ0n) is 8.85. The fraction of sp³-hybridized carbons (Fsp3) is 0.273. The molecule has 2 amide bonds. The van der Waals surface area contributed by atoms with Crippen molar-refractivity contribution < 1.29 is 9.59 Å². The Morgan fingerprint density at radius 3 is 2.44 bits per heavy atom. The number of amides is 2. The number of nitrogens with two attached hydrogens (primary N) is 2. The van der Waals surface area contributed by atoms with Gasteiger partial charge in [0.1, 0.15) is 0 Å². The van der Waals surface area contributed by atoms with E-state index in [4.69, 9.17) is 11.5 Å². The van der Waals surface area contributed by atoms with Crippen LogP contribution in [0.5, 0.6) is 0 Å². The summed E-state index contributed by atoms with van der Waals surface area (Å²) in [6, 6.07) is 8.56. The average Bonchev–Trinajstić information content (AvgIpc) is 2.26. The quantitative estimate of drug-likeness (QED) is 0.625. The molecule has 5 nitrogen and oxygen atoms in total. The molecule has 1 aromatic carbocycles. The monoisotopic (exact) mass is 221 g/mol. The summed E-state index contributed by atoms with van der Waals surface area (Å²) in [5.74, 6) is -0.954. The van der Waals surface area contributed by atoms with E-state index in [0.29, 0.717) is 6.54 Å². The van der Waals surface area contributed by atoms with Gasteiger partial charge in [-0.3, -0.25) is 9.59 Å². The van der Waals surface area contributed by atoms with E-state index in [1.807, 2.05) is 30.3 Å². The Labute approximate surface area is 93.8 Å². The third kappa shape index (κ3) is 4.10. The summed E-state index contributed by atoms with van der Waals surface area (Å²) in [4.78, 5) is 22.0. The molecule has 5 N–H and O–H groups in total. The van der Waals surface area contributed by atoms with Crippen LogP contribution in [0.1, 0.15) is 12.0 Å². The van der Waals surface area contributed by atoms with Gasteiger partial charge in [0.25, 0.3) is 0 Å². The fourth-order valence-corrected chi connectivity index (χ4v) is 1.23. The lowest BCUT2D eigenvalue weighted by molar-refractivity contribution is -0.126. The molecule has 0 unspecified atom stereocenters. The maximum Gasteiger partial charge on any atom is 0.237 e. The molecule has 0 heterocycles. The Kier molecular flexibility index (Phi) is 4.47. The minimum Gasteiger partial charge on any atom is -0.370 e. The van der Waals surface area contributed by atoms with Crippen LogP contribution in [0.4, 0.5) is 0 Å². The first-order chi connectivity index (χ1) is 7.59. The van der Waals surface area contributed by atoms with Crippen LogP contribution < -0.4 is 16.8 Å². The lowest BCUT2D eigenvalue weighted by atomic mass is 10.2. The predicted octanol–water partition coefficient (Wildman–Crippen LogP) is -0.494. The number of carbonyl (C=O) groups excluding carboxylic acids is 2. The molecule has 5 heteroatoms. The van der Waals surface area contributed by atoms with Gasteiger partial charge in [-0.2, -0.15) is 0 Å². The average molecular weight is 221 g/mol. The molecule has 86 valence electrons. The Hall–Kier alpha value is -1.88. The van der Waals surface area contributed by atoms with Gasteiger partial charge in [0.15, 0.2) is 0 Å². The largest absolute Gasteiger partial charge is 0.370 e. The number of nitrogens with one attached hydrogen (secondary N) is 1. The van der Waals surface area contributed by atoms with Crippen LogP contribution >= 0.6 is 0 Å². The van der Waals surface area contributed by atoms with E-state index in [-0.39, 0.29) is 12.3 Å². The molecule has 0 aliphatic carbocycles. The van der Waals surface area contributed by atoms with E-state index in [9.17, 15) is 9.59 Å². The molecule has 0 radical (unpaired) electrons. The second-order valence-electron chi connectivity index (χ2n) is 3.48. The normalized spacial score (nSPS) is 11.8. The molecule has 0 saturated heterocycles. The van der Waals surface area contributed by atoms with Gasteiger partial charge in [0.2, 0.25) is 11.8 Å². The third-order valence-corrected chi connectivity index (χ3v) is 2.07. The van der Waals surface area contributed by atoms with E-state index >= 15 is 0 Å². The van der Waals surface area contributed by atoms with Gasteiger partial charge < -0.3 is 16.8 Å². The first-order valence-electron chi connectivity index (χ1n) is 4.95. The third-order valence-electron chi connectivity index (χ3n) is 2.07. The SMILES string of the molecule is NC(=O)C[C@H](N)C(=O)NCc1ccccc1. The number of hydrogen-bond acceptors (Lipinski definition) is 3. The van der Waals surface area contributed by atoms with Gasteiger partial charge in [-0.05, 0) is 5.56 Å². The van der Waals surface area contributed by atoms with Crippen molar-refractivity contribution in [3.63, 3.8) is 0 Å². The minimum absolute atomic E-state index is 0.138. The Balaban J connectivity index is 2.38. The van der Waals surface area contributed by atoms with Crippen molar-refractivity contribution in [3.05, 3.63) is 35.9 Å². The van der Waals surface area contributed by atoms with Crippen LogP contribution in [0.15, 0.2) is 30.3 Å². The maximum atomic E-state index is 11.4. The molecule has 0 aromatic heterocycles. The molecule has 1 aromatic rings. The zero-order valence-corrected chi connectivity index (χ0v) is 8.85. The molecular formula is C11H15N3O2. The van der Waals surface area contributed by atoms with Crippen molar-refractivity contribution in [3.8, 4) is 0 Å². The van der Waals surface area contributed by atoms with Crippen molar-refractivity contribution in [1.29, 1.82) is 0 Å². The zero-order chi connectivity index (χ0) is 12.0. The van der Waals surface area contributed by atoms with Gasteiger partial charge >= 0.3 is 0 Å². The maximum absolute atomic E-state index is 11.4. The van der Waals surface area contributed by atoms with E-state index in [1.165, 1.54) is 0 Å². The van der Waals surface area contributed by atoms with Gasteiger partial charge in [-0.15, -0.1) is 0 Å². The molecule has 0 aliphatic heterocycles. The molecule has 1 atom stereocenters. The van der Waals surface area contributed by atoms with Crippen molar-refractivity contribution >= 4 is 11.8 Å². The Morgan fingerprint density at radius 2 is 1.88 bits per heavy atom. The second kappa shape index (κ2) is 5.87. The van der Waals surface area contributed by atoms with Crippen molar-refractivity contribution in [2.75, 3.05) is 0 Å². The lowest BCUT2D eigenvalue weighted by Gasteiger charge is -2.10. The van der Waals surface area contributed by atoms with Gasteiger partial charge in [-0.1, -0.05) is 30.3 Å². The smallest absolute Gasteiger partial charge is 0.237 e. The minimum atomic E-state index is -0.874. The highest BCUT2D eigenvalue weighted by Gasteiger charge is 2.15. The number of benzene rings is 1. The Bertz CT molecular complexity index is 365. The van der Waals surface area contributed by atoms with Crippen LogP contribution in [0.2, 0.25) is 0 Å². The van der Waals surface area contributed by atoms with Crippen molar-refractivity contribution in [1.82, 2.24) is 5.32 Å². The first-order valence-corrected chi connectivity index (χ1v) is 4.95.